The van der Waals surface area contributed by atoms with Gasteiger partial charge in [-0.3, -0.25) is 4.79 Å². The van der Waals surface area contributed by atoms with Crippen LogP contribution in [-0.4, -0.2) is 53.0 Å². The average molecular weight is 447 g/mol. The first kappa shape index (κ1) is 20.9. The number of para-hydroxylation sites is 1. The maximum atomic E-state index is 15.2. The summed E-state index contributed by atoms with van der Waals surface area (Å²) in [4.78, 5) is 15.1. The molecule has 0 unspecified atom stereocenters. The standard InChI is InChI=1S/C24H22FN5O3/c1-32-22-16-29(20-8-7-18(15-19(20)25)28-11-13-33-14-12-28)27-23(24(22)31)21-9-10-26-30(21)17-5-3-2-4-6-17/h2-10,15-16H,11-14H2,1H3. The maximum absolute atomic E-state index is 15.2. The molecule has 2 aromatic carbocycles. The summed E-state index contributed by atoms with van der Waals surface area (Å²) in [5, 5.41) is 8.81. The molecule has 4 aromatic rings. The van der Waals surface area contributed by atoms with Crippen LogP contribution >= 0.6 is 0 Å². The molecular formula is C24H22FN5O3. The maximum Gasteiger partial charge on any atom is 0.251 e. The van der Waals surface area contributed by atoms with Gasteiger partial charge in [-0.15, -0.1) is 0 Å². The van der Waals surface area contributed by atoms with E-state index >= 15 is 4.39 Å². The Bertz CT molecular complexity index is 1330. The monoisotopic (exact) mass is 447 g/mol. The molecule has 2 aromatic heterocycles. The van der Waals surface area contributed by atoms with Crippen LogP contribution < -0.4 is 15.1 Å². The summed E-state index contributed by atoms with van der Waals surface area (Å²) in [5.41, 5.74) is 1.93. The first-order valence-electron chi connectivity index (χ1n) is 10.6. The summed E-state index contributed by atoms with van der Waals surface area (Å²) in [6.07, 6.45) is 2.98. The van der Waals surface area contributed by atoms with Gasteiger partial charge in [0.25, 0.3) is 5.43 Å². The van der Waals surface area contributed by atoms with Gasteiger partial charge in [-0.2, -0.15) is 10.2 Å². The minimum atomic E-state index is -0.459. The highest BCUT2D eigenvalue weighted by molar-refractivity contribution is 5.59. The molecule has 33 heavy (non-hydrogen) atoms. The Hall–Kier alpha value is -3.98. The van der Waals surface area contributed by atoms with Gasteiger partial charge in [0, 0.05) is 18.8 Å². The number of hydrogen-bond donors (Lipinski definition) is 0. The zero-order valence-electron chi connectivity index (χ0n) is 18.0. The Balaban J connectivity index is 1.60. The highest BCUT2D eigenvalue weighted by Gasteiger charge is 2.20. The number of hydrogen-bond acceptors (Lipinski definition) is 6. The second kappa shape index (κ2) is 8.87. The van der Waals surface area contributed by atoms with Crippen molar-refractivity contribution in [1.29, 1.82) is 0 Å². The number of nitrogens with zero attached hydrogens (tertiary/aromatic N) is 5. The van der Waals surface area contributed by atoms with Crippen LogP contribution in [0.5, 0.6) is 5.75 Å². The average Bonchev–Trinajstić information content (AvgIpc) is 3.35. The van der Waals surface area contributed by atoms with Gasteiger partial charge < -0.3 is 14.4 Å². The van der Waals surface area contributed by atoms with Gasteiger partial charge in [0.05, 0.1) is 44.1 Å². The van der Waals surface area contributed by atoms with Crippen LogP contribution in [0.1, 0.15) is 0 Å². The second-order valence-electron chi connectivity index (χ2n) is 7.52. The number of halogens is 1. The van der Waals surface area contributed by atoms with Crippen molar-refractivity contribution in [2.45, 2.75) is 0 Å². The molecule has 0 radical (unpaired) electrons. The zero-order valence-corrected chi connectivity index (χ0v) is 18.0. The van der Waals surface area contributed by atoms with Gasteiger partial charge in [-0.25, -0.2) is 13.8 Å². The van der Waals surface area contributed by atoms with Crippen molar-refractivity contribution in [3.05, 3.63) is 83.0 Å². The number of morpholine rings is 1. The molecule has 0 saturated carbocycles. The number of methoxy groups -OCH3 is 1. The van der Waals surface area contributed by atoms with E-state index in [0.717, 1.165) is 11.4 Å². The molecule has 9 heteroatoms. The van der Waals surface area contributed by atoms with E-state index in [1.807, 2.05) is 36.4 Å². The normalized spacial score (nSPS) is 13.8. The van der Waals surface area contributed by atoms with Crippen LogP contribution in [0.25, 0.3) is 22.8 Å². The fraction of sp³-hybridized carbons (Fsp3) is 0.208. The largest absolute Gasteiger partial charge is 0.491 e. The molecule has 1 fully saturated rings. The summed E-state index contributed by atoms with van der Waals surface area (Å²) in [6, 6.07) is 16.1. The number of ether oxygens (including phenoxy) is 2. The number of anilines is 1. The van der Waals surface area contributed by atoms with E-state index in [1.165, 1.54) is 24.1 Å². The minimum absolute atomic E-state index is 0.0532. The van der Waals surface area contributed by atoms with E-state index in [1.54, 1.807) is 23.0 Å². The molecule has 3 heterocycles. The third-order valence-electron chi connectivity index (χ3n) is 5.55. The van der Waals surface area contributed by atoms with Gasteiger partial charge >= 0.3 is 0 Å². The fourth-order valence-corrected chi connectivity index (χ4v) is 3.86. The van der Waals surface area contributed by atoms with Crippen LogP contribution in [0.4, 0.5) is 10.1 Å². The van der Waals surface area contributed by atoms with Crippen LogP contribution in [0.15, 0.2) is 71.8 Å². The molecular weight excluding hydrogens is 425 g/mol. The Morgan fingerprint density at radius 1 is 1.03 bits per heavy atom. The predicted molar refractivity (Wildman–Crippen MR) is 122 cm³/mol. The molecule has 0 bridgehead atoms. The Kier molecular flexibility index (Phi) is 5.62. The third-order valence-corrected chi connectivity index (χ3v) is 5.55. The smallest absolute Gasteiger partial charge is 0.251 e. The highest BCUT2D eigenvalue weighted by Crippen LogP contribution is 2.24. The van der Waals surface area contributed by atoms with E-state index < -0.39 is 11.2 Å². The zero-order chi connectivity index (χ0) is 22.8. The summed E-state index contributed by atoms with van der Waals surface area (Å²) in [5.74, 6) is -0.405. The van der Waals surface area contributed by atoms with E-state index in [2.05, 4.69) is 15.1 Å². The first-order chi connectivity index (χ1) is 16.2. The number of benzene rings is 2. The van der Waals surface area contributed by atoms with E-state index in [0.29, 0.717) is 32.0 Å². The molecule has 0 aliphatic carbocycles. The molecule has 5 rings (SSSR count). The Morgan fingerprint density at radius 2 is 1.82 bits per heavy atom. The molecule has 168 valence electrons. The SMILES string of the molecule is COc1cn(-c2ccc(N3CCOCC3)cc2F)nc(-c2ccnn2-c2ccccc2)c1=O. The van der Waals surface area contributed by atoms with Crippen LogP contribution in [0, 0.1) is 5.82 Å². The summed E-state index contributed by atoms with van der Waals surface area (Å²) in [6.45, 7) is 2.63. The van der Waals surface area contributed by atoms with Crippen molar-refractivity contribution in [1.82, 2.24) is 19.6 Å². The molecule has 0 amide bonds. The van der Waals surface area contributed by atoms with Crippen LogP contribution in [-0.2, 0) is 4.74 Å². The van der Waals surface area contributed by atoms with Crippen molar-refractivity contribution in [3.8, 4) is 28.5 Å². The van der Waals surface area contributed by atoms with E-state index in [-0.39, 0.29) is 17.1 Å². The summed E-state index contributed by atoms with van der Waals surface area (Å²) >= 11 is 0. The van der Waals surface area contributed by atoms with E-state index in [4.69, 9.17) is 9.47 Å². The first-order valence-corrected chi connectivity index (χ1v) is 10.6. The molecule has 8 nitrogen and oxygen atoms in total. The molecule has 1 aliphatic rings. The quantitative estimate of drug-likeness (QED) is 0.468. The van der Waals surface area contributed by atoms with Crippen LogP contribution in [0.3, 0.4) is 0 Å². The van der Waals surface area contributed by atoms with Gasteiger partial charge in [0.15, 0.2) is 17.3 Å². The van der Waals surface area contributed by atoms with Gasteiger partial charge in [0.1, 0.15) is 5.69 Å². The minimum Gasteiger partial charge on any atom is -0.491 e. The third kappa shape index (κ3) is 3.98. The van der Waals surface area contributed by atoms with Crippen molar-refractivity contribution < 1.29 is 13.9 Å². The topological polar surface area (TPSA) is 74.4 Å². The Morgan fingerprint density at radius 3 is 2.55 bits per heavy atom. The summed E-state index contributed by atoms with van der Waals surface area (Å²) < 4.78 is 28.8. The lowest BCUT2D eigenvalue weighted by atomic mass is 10.2. The fourth-order valence-electron chi connectivity index (χ4n) is 3.86. The van der Waals surface area contributed by atoms with Crippen molar-refractivity contribution in [2.24, 2.45) is 0 Å². The van der Waals surface area contributed by atoms with Crippen molar-refractivity contribution >= 4 is 5.69 Å². The lowest BCUT2D eigenvalue weighted by Crippen LogP contribution is -2.36. The van der Waals surface area contributed by atoms with Gasteiger partial charge in [0.2, 0.25) is 0 Å². The molecule has 1 aliphatic heterocycles. The van der Waals surface area contributed by atoms with Gasteiger partial charge in [-0.05, 0) is 36.4 Å². The summed E-state index contributed by atoms with van der Waals surface area (Å²) in [7, 11) is 1.40. The second-order valence-corrected chi connectivity index (χ2v) is 7.52. The van der Waals surface area contributed by atoms with Crippen molar-refractivity contribution in [2.75, 3.05) is 38.3 Å². The number of aromatic nitrogens is 4. The number of rotatable bonds is 5. The van der Waals surface area contributed by atoms with E-state index in [9.17, 15) is 4.79 Å². The Labute approximate surface area is 189 Å². The molecule has 1 saturated heterocycles. The van der Waals surface area contributed by atoms with Crippen molar-refractivity contribution in [3.63, 3.8) is 0 Å². The van der Waals surface area contributed by atoms with Gasteiger partial charge in [-0.1, -0.05) is 18.2 Å². The van der Waals surface area contributed by atoms with Crippen LogP contribution in [0.2, 0.25) is 0 Å². The predicted octanol–water partition coefficient (Wildman–Crippen LogP) is 3.07. The lowest BCUT2D eigenvalue weighted by Gasteiger charge is -2.29. The lowest BCUT2D eigenvalue weighted by molar-refractivity contribution is 0.122. The molecule has 0 N–H and O–H groups in total. The molecule has 0 spiro atoms. The molecule has 0 atom stereocenters. The highest BCUT2D eigenvalue weighted by atomic mass is 19.1.